The Morgan fingerprint density at radius 3 is 2.39 bits per heavy atom. The Morgan fingerprint density at radius 2 is 1.68 bits per heavy atom. The molecule has 6 rings (SSSR count). The van der Waals surface area contributed by atoms with Crippen LogP contribution in [0.2, 0.25) is 0 Å². The number of aliphatic hydroxyl groups excluding tert-OH is 1. The van der Waals surface area contributed by atoms with E-state index in [1.165, 1.54) is 0 Å². The van der Waals surface area contributed by atoms with E-state index >= 15 is 0 Å². The molecular weight excluding hydrogens is 478 g/mol. The zero-order chi connectivity index (χ0) is 26.3. The Labute approximate surface area is 223 Å². The number of likely N-dealkylation sites (tertiary alicyclic amines) is 1. The van der Waals surface area contributed by atoms with Gasteiger partial charge in [0.25, 0.3) is 5.91 Å². The first-order chi connectivity index (χ1) is 18.5. The van der Waals surface area contributed by atoms with E-state index in [1.54, 1.807) is 0 Å². The van der Waals surface area contributed by atoms with Crippen molar-refractivity contribution in [2.75, 3.05) is 26.5 Å². The molecule has 1 N–H and O–H groups in total. The molecule has 6 nitrogen and oxygen atoms in total. The van der Waals surface area contributed by atoms with E-state index < -0.39 is 5.41 Å². The van der Waals surface area contributed by atoms with Gasteiger partial charge in [0.1, 0.15) is 5.78 Å². The number of piperidine rings is 1. The summed E-state index contributed by atoms with van der Waals surface area (Å²) in [7, 11) is 0. The van der Waals surface area contributed by atoms with Crippen LogP contribution in [0.4, 0.5) is 0 Å². The number of amides is 1. The molecule has 3 aromatic carbocycles. The molecule has 2 aliphatic heterocycles. The summed E-state index contributed by atoms with van der Waals surface area (Å²) < 4.78 is 11.0. The average molecular weight is 512 g/mol. The quantitative estimate of drug-likeness (QED) is 0.479. The third-order valence-electron chi connectivity index (χ3n) is 8.48. The number of carbonyl (C=O) groups is 2. The SMILES string of the molecule is Cc1ccc(CC(=O)C2(c3ccc4c(c3)OCO4)CC2)cc1-c1ccc(C(=O)N2CCC(CO)CC2)cc1. The molecule has 0 unspecified atom stereocenters. The largest absolute Gasteiger partial charge is 0.454 e. The minimum absolute atomic E-state index is 0.0438. The number of rotatable bonds is 7. The number of aryl methyl sites for hydroxylation is 1. The van der Waals surface area contributed by atoms with Crippen LogP contribution in [0.25, 0.3) is 11.1 Å². The number of hydrogen-bond donors (Lipinski definition) is 1. The highest BCUT2D eigenvalue weighted by Gasteiger charge is 2.50. The highest BCUT2D eigenvalue weighted by Crippen LogP contribution is 2.51. The predicted molar refractivity (Wildman–Crippen MR) is 145 cm³/mol. The molecule has 1 saturated carbocycles. The van der Waals surface area contributed by atoms with Crippen molar-refractivity contribution >= 4 is 11.7 Å². The summed E-state index contributed by atoms with van der Waals surface area (Å²) in [4.78, 5) is 28.4. The highest BCUT2D eigenvalue weighted by molar-refractivity contribution is 5.96. The zero-order valence-corrected chi connectivity index (χ0v) is 21.7. The first-order valence-corrected chi connectivity index (χ1v) is 13.5. The molecule has 1 amide bonds. The lowest BCUT2D eigenvalue weighted by molar-refractivity contribution is -0.120. The summed E-state index contributed by atoms with van der Waals surface area (Å²) in [5.74, 6) is 2.03. The van der Waals surface area contributed by atoms with Gasteiger partial charge in [0.2, 0.25) is 6.79 Å². The third-order valence-corrected chi connectivity index (χ3v) is 8.48. The van der Waals surface area contributed by atoms with Gasteiger partial charge in [0.15, 0.2) is 11.5 Å². The first kappa shape index (κ1) is 24.7. The van der Waals surface area contributed by atoms with Crippen molar-refractivity contribution in [1.29, 1.82) is 0 Å². The van der Waals surface area contributed by atoms with Crippen molar-refractivity contribution < 1.29 is 24.2 Å². The number of benzene rings is 3. The fourth-order valence-corrected chi connectivity index (χ4v) is 5.79. The van der Waals surface area contributed by atoms with Crippen LogP contribution >= 0.6 is 0 Å². The zero-order valence-electron chi connectivity index (χ0n) is 21.7. The Morgan fingerprint density at radius 1 is 0.947 bits per heavy atom. The summed E-state index contributed by atoms with van der Waals surface area (Å²) >= 11 is 0. The number of hydrogen-bond acceptors (Lipinski definition) is 5. The van der Waals surface area contributed by atoms with Gasteiger partial charge in [-0.15, -0.1) is 0 Å². The number of ether oxygens (including phenoxy) is 2. The second kappa shape index (κ2) is 9.91. The monoisotopic (exact) mass is 511 g/mol. The number of aliphatic hydroxyl groups is 1. The molecule has 3 aliphatic rings. The average Bonchev–Trinajstić information content (AvgIpc) is 3.64. The fourth-order valence-electron chi connectivity index (χ4n) is 5.79. The number of fused-ring (bicyclic) bond motifs is 1. The predicted octanol–water partition coefficient (Wildman–Crippen LogP) is 5.08. The van der Waals surface area contributed by atoms with E-state index in [0.29, 0.717) is 31.0 Å². The van der Waals surface area contributed by atoms with Gasteiger partial charge in [-0.2, -0.15) is 0 Å². The molecule has 0 aromatic heterocycles. The lowest BCUT2D eigenvalue weighted by Gasteiger charge is -2.31. The van der Waals surface area contributed by atoms with Gasteiger partial charge < -0.3 is 19.5 Å². The normalized spacial score (nSPS) is 17.9. The second-order valence-corrected chi connectivity index (χ2v) is 10.9. The first-order valence-electron chi connectivity index (χ1n) is 13.5. The van der Waals surface area contributed by atoms with Crippen molar-refractivity contribution in [3.05, 3.63) is 82.9 Å². The molecule has 196 valence electrons. The van der Waals surface area contributed by atoms with Crippen molar-refractivity contribution in [1.82, 2.24) is 4.90 Å². The summed E-state index contributed by atoms with van der Waals surface area (Å²) in [6.45, 7) is 3.87. The Kier molecular flexibility index (Phi) is 6.44. The maximum absolute atomic E-state index is 13.5. The van der Waals surface area contributed by atoms with Crippen LogP contribution in [0, 0.1) is 12.8 Å². The van der Waals surface area contributed by atoms with Crippen LogP contribution in [0.1, 0.15) is 52.7 Å². The lowest BCUT2D eigenvalue weighted by atomic mass is 9.87. The minimum atomic E-state index is -0.431. The van der Waals surface area contributed by atoms with Crippen LogP contribution in [-0.2, 0) is 16.6 Å². The number of Topliss-reactive ketones (excluding diaryl/α,β-unsaturated/α-hetero) is 1. The van der Waals surface area contributed by atoms with Gasteiger partial charge in [-0.25, -0.2) is 0 Å². The lowest BCUT2D eigenvalue weighted by Crippen LogP contribution is -2.39. The number of nitrogens with zero attached hydrogens (tertiary/aromatic N) is 1. The van der Waals surface area contributed by atoms with Gasteiger partial charge >= 0.3 is 0 Å². The van der Waals surface area contributed by atoms with Crippen LogP contribution < -0.4 is 9.47 Å². The summed E-state index contributed by atoms with van der Waals surface area (Å²) in [5, 5.41) is 9.36. The van der Waals surface area contributed by atoms with Crippen LogP contribution in [0.3, 0.4) is 0 Å². The highest BCUT2D eigenvalue weighted by atomic mass is 16.7. The van der Waals surface area contributed by atoms with Gasteiger partial charge in [-0.3, -0.25) is 9.59 Å². The summed E-state index contributed by atoms with van der Waals surface area (Å²) in [6, 6.07) is 19.9. The minimum Gasteiger partial charge on any atom is -0.454 e. The van der Waals surface area contributed by atoms with Crippen molar-refractivity contribution in [3.8, 4) is 22.6 Å². The van der Waals surface area contributed by atoms with E-state index in [0.717, 1.165) is 65.0 Å². The molecule has 38 heavy (non-hydrogen) atoms. The molecule has 1 aliphatic carbocycles. The molecule has 2 heterocycles. The molecule has 0 radical (unpaired) electrons. The standard InChI is InChI=1S/C32H33NO5/c1-21-2-3-23(17-30(35)32(12-13-32)26-8-9-28-29(18-26)38-20-37-28)16-27(21)24-4-6-25(7-5-24)31(36)33-14-10-22(19-34)11-15-33/h2-9,16,18,22,34H,10-15,17,19-20H2,1H3. The van der Waals surface area contributed by atoms with E-state index in [4.69, 9.17) is 9.47 Å². The number of ketones is 1. The van der Waals surface area contributed by atoms with Crippen molar-refractivity contribution in [2.24, 2.45) is 5.92 Å². The Hall–Kier alpha value is -3.64. The fraction of sp³-hybridized carbons (Fsp3) is 0.375. The summed E-state index contributed by atoms with van der Waals surface area (Å²) in [6.07, 6.45) is 3.79. The van der Waals surface area contributed by atoms with Crippen molar-refractivity contribution in [3.63, 3.8) is 0 Å². The van der Waals surface area contributed by atoms with E-state index in [1.807, 2.05) is 53.4 Å². The topological polar surface area (TPSA) is 76.1 Å². The van der Waals surface area contributed by atoms with E-state index in [-0.39, 0.29) is 25.1 Å². The molecule has 3 aromatic rings. The van der Waals surface area contributed by atoms with Gasteiger partial charge in [-0.05, 0) is 90.6 Å². The molecule has 0 bridgehead atoms. The third kappa shape index (κ3) is 4.58. The van der Waals surface area contributed by atoms with Gasteiger partial charge in [-0.1, -0.05) is 36.4 Å². The molecule has 0 atom stereocenters. The van der Waals surface area contributed by atoms with Crippen LogP contribution in [0.15, 0.2) is 60.7 Å². The van der Waals surface area contributed by atoms with Crippen LogP contribution in [-0.4, -0.2) is 48.2 Å². The molecule has 0 spiro atoms. The Balaban J connectivity index is 1.17. The molecule has 6 heteroatoms. The molecule has 1 saturated heterocycles. The van der Waals surface area contributed by atoms with Gasteiger partial charge in [0, 0.05) is 31.7 Å². The maximum atomic E-state index is 13.5. The van der Waals surface area contributed by atoms with E-state index in [9.17, 15) is 14.7 Å². The maximum Gasteiger partial charge on any atom is 0.253 e. The second-order valence-electron chi connectivity index (χ2n) is 10.9. The molecule has 2 fully saturated rings. The Bertz CT molecular complexity index is 1370. The van der Waals surface area contributed by atoms with Gasteiger partial charge in [0.05, 0.1) is 5.41 Å². The molecular formula is C32H33NO5. The smallest absolute Gasteiger partial charge is 0.253 e. The summed E-state index contributed by atoms with van der Waals surface area (Å²) in [5.41, 5.74) is 5.49. The number of carbonyl (C=O) groups excluding carboxylic acids is 2. The van der Waals surface area contributed by atoms with E-state index in [2.05, 4.69) is 19.1 Å². The van der Waals surface area contributed by atoms with Crippen molar-refractivity contribution in [2.45, 2.75) is 44.4 Å². The van der Waals surface area contributed by atoms with Crippen LogP contribution in [0.5, 0.6) is 11.5 Å².